The van der Waals surface area contributed by atoms with Gasteiger partial charge in [-0.05, 0) is 13.0 Å². The minimum absolute atomic E-state index is 0.600. The highest BCUT2D eigenvalue weighted by Gasteiger charge is 2.14. The monoisotopic (exact) mass is 264 g/mol. The van der Waals surface area contributed by atoms with E-state index >= 15 is 0 Å². The van der Waals surface area contributed by atoms with Crippen molar-refractivity contribution in [2.45, 2.75) is 13.0 Å². The molecule has 1 atom stereocenters. The average Bonchev–Trinajstić information content (AvgIpc) is 2.48. The highest BCUT2D eigenvalue weighted by Crippen LogP contribution is 2.16. The maximum Gasteiger partial charge on any atom is 0.183 e. The lowest BCUT2D eigenvalue weighted by molar-refractivity contribution is 0.284. The standard InChI is InChI=1S/C9H13ClN2OS2/c10-9-11-8(7-14-9)6-12-2-1-4-15(13)5-3-12/h7H,1-6H2. The van der Waals surface area contributed by atoms with Gasteiger partial charge in [-0.15, -0.1) is 11.3 Å². The van der Waals surface area contributed by atoms with Gasteiger partial charge in [0.2, 0.25) is 0 Å². The molecule has 2 rings (SSSR count). The molecule has 1 fully saturated rings. The Labute approximate surface area is 101 Å². The van der Waals surface area contributed by atoms with Crippen molar-refractivity contribution in [1.29, 1.82) is 0 Å². The first-order chi connectivity index (χ1) is 7.24. The number of thiazole rings is 1. The quantitative estimate of drug-likeness (QED) is 0.816. The Hall–Kier alpha value is 0.0300. The molecule has 0 saturated carbocycles. The molecule has 1 aromatic heterocycles. The Morgan fingerprint density at radius 1 is 1.53 bits per heavy atom. The maximum atomic E-state index is 11.3. The van der Waals surface area contributed by atoms with Crippen LogP contribution in [0.4, 0.5) is 0 Å². The van der Waals surface area contributed by atoms with E-state index in [1.165, 1.54) is 11.3 Å². The zero-order valence-corrected chi connectivity index (χ0v) is 10.7. The summed E-state index contributed by atoms with van der Waals surface area (Å²) in [6, 6.07) is 0. The fourth-order valence-corrected chi connectivity index (χ4v) is 3.53. The number of halogens is 1. The molecule has 1 aromatic rings. The predicted molar refractivity (Wildman–Crippen MR) is 64.9 cm³/mol. The lowest BCUT2D eigenvalue weighted by Crippen LogP contribution is -2.26. The Balaban J connectivity index is 1.91. The average molecular weight is 265 g/mol. The minimum atomic E-state index is -0.617. The molecule has 6 heteroatoms. The predicted octanol–water partition coefficient (Wildman–Crippen LogP) is 1.75. The summed E-state index contributed by atoms with van der Waals surface area (Å²) >= 11 is 7.24. The van der Waals surface area contributed by atoms with Gasteiger partial charge in [-0.2, -0.15) is 0 Å². The van der Waals surface area contributed by atoms with Gasteiger partial charge in [0.05, 0.1) is 5.69 Å². The van der Waals surface area contributed by atoms with E-state index in [4.69, 9.17) is 11.6 Å². The third kappa shape index (κ3) is 3.52. The molecule has 0 radical (unpaired) electrons. The molecule has 0 aliphatic carbocycles. The van der Waals surface area contributed by atoms with Crippen LogP contribution in [-0.4, -0.2) is 38.7 Å². The lowest BCUT2D eigenvalue weighted by atomic mass is 10.3. The molecule has 0 aromatic carbocycles. The zero-order chi connectivity index (χ0) is 10.7. The maximum absolute atomic E-state index is 11.3. The lowest BCUT2D eigenvalue weighted by Gasteiger charge is -2.17. The second kappa shape index (κ2) is 5.39. The molecule has 0 N–H and O–H groups in total. The summed E-state index contributed by atoms with van der Waals surface area (Å²) in [6.45, 7) is 2.75. The fraction of sp³-hybridized carbons (Fsp3) is 0.667. The van der Waals surface area contributed by atoms with Crippen molar-refractivity contribution >= 4 is 33.7 Å². The molecule has 0 amide bonds. The summed E-state index contributed by atoms with van der Waals surface area (Å²) in [5.41, 5.74) is 1.03. The van der Waals surface area contributed by atoms with Crippen molar-refractivity contribution in [2.75, 3.05) is 24.6 Å². The van der Waals surface area contributed by atoms with Gasteiger partial charge < -0.3 is 0 Å². The molecule has 15 heavy (non-hydrogen) atoms. The van der Waals surface area contributed by atoms with Crippen LogP contribution in [0.5, 0.6) is 0 Å². The molecule has 1 aliphatic rings. The SMILES string of the molecule is O=S1CCCN(Cc2csc(Cl)n2)CC1. The van der Waals surface area contributed by atoms with Crippen LogP contribution in [0, 0.1) is 0 Å². The number of nitrogens with zero attached hydrogens (tertiary/aromatic N) is 2. The van der Waals surface area contributed by atoms with Crippen molar-refractivity contribution in [3.8, 4) is 0 Å². The minimum Gasteiger partial charge on any atom is -0.297 e. The summed E-state index contributed by atoms with van der Waals surface area (Å²) in [5, 5.41) is 1.99. The van der Waals surface area contributed by atoms with E-state index in [9.17, 15) is 4.21 Å². The largest absolute Gasteiger partial charge is 0.297 e. The van der Waals surface area contributed by atoms with Crippen LogP contribution >= 0.6 is 22.9 Å². The van der Waals surface area contributed by atoms with Gasteiger partial charge in [0, 0.05) is 40.8 Å². The first-order valence-corrected chi connectivity index (χ1v) is 7.66. The van der Waals surface area contributed by atoms with Crippen LogP contribution in [0.15, 0.2) is 5.38 Å². The zero-order valence-electron chi connectivity index (χ0n) is 8.32. The fourth-order valence-electron chi connectivity index (χ4n) is 1.64. The second-order valence-electron chi connectivity index (χ2n) is 3.57. The third-order valence-corrected chi connectivity index (χ3v) is 4.80. The van der Waals surface area contributed by atoms with Crippen molar-refractivity contribution in [1.82, 2.24) is 9.88 Å². The summed E-state index contributed by atoms with van der Waals surface area (Å²) in [4.78, 5) is 6.52. The van der Waals surface area contributed by atoms with Gasteiger partial charge in [-0.1, -0.05) is 11.6 Å². The van der Waals surface area contributed by atoms with Gasteiger partial charge in [-0.3, -0.25) is 9.11 Å². The van der Waals surface area contributed by atoms with Crippen molar-refractivity contribution in [2.24, 2.45) is 0 Å². The van der Waals surface area contributed by atoms with Crippen LogP contribution < -0.4 is 0 Å². The third-order valence-electron chi connectivity index (χ3n) is 2.39. The summed E-state index contributed by atoms with van der Waals surface area (Å²) in [5.74, 6) is 1.63. The van der Waals surface area contributed by atoms with E-state index < -0.39 is 10.8 Å². The first kappa shape index (κ1) is 11.5. The molecular weight excluding hydrogens is 252 g/mol. The molecule has 0 spiro atoms. The number of rotatable bonds is 2. The van der Waals surface area contributed by atoms with Crippen LogP contribution in [0.2, 0.25) is 4.47 Å². The molecule has 1 saturated heterocycles. The number of aromatic nitrogens is 1. The topological polar surface area (TPSA) is 33.2 Å². The molecule has 0 bridgehead atoms. The Morgan fingerprint density at radius 3 is 3.13 bits per heavy atom. The molecule has 84 valence electrons. The van der Waals surface area contributed by atoms with Crippen LogP contribution in [0.3, 0.4) is 0 Å². The van der Waals surface area contributed by atoms with E-state index in [1.807, 2.05) is 5.38 Å². The van der Waals surface area contributed by atoms with E-state index in [2.05, 4.69) is 9.88 Å². The van der Waals surface area contributed by atoms with Gasteiger partial charge in [-0.25, -0.2) is 4.98 Å². The first-order valence-electron chi connectivity index (χ1n) is 4.91. The highest BCUT2D eigenvalue weighted by molar-refractivity contribution is 7.85. The number of hydrogen-bond donors (Lipinski definition) is 0. The van der Waals surface area contributed by atoms with Gasteiger partial charge in [0.1, 0.15) is 0 Å². The van der Waals surface area contributed by atoms with Crippen LogP contribution in [0.25, 0.3) is 0 Å². The molecule has 2 heterocycles. The normalized spacial score (nSPS) is 23.9. The van der Waals surface area contributed by atoms with Gasteiger partial charge >= 0.3 is 0 Å². The van der Waals surface area contributed by atoms with Crippen LogP contribution in [0.1, 0.15) is 12.1 Å². The van der Waals surface area contributed by atoms with Crippen molar-refractivity contribution in [3.05, 3.63) is 15.5 Å². The molecule has 1 unspecified atom stereocenters. The van der Waals surface area contributed by atoms with E-state index in [0.717, 1.165) is 43.3 Å². The van der Waals surface area contributed by atoms with Crippen LogP contribution in [-0.2, 0) is 17.3 Å². The van der Waals surface area contributed by atoms with E-state index in [-0.39, 0.29) is 0 Å². The highest BCUT2D eigenvalue weighted by atomic mass is 35.5. The smallest absolute Gasteiger partial charge is 0.183 e. The van der Waals surface area contributed by atoms with Gasteiger partial charge in [0.15, 0.2) is 4.47 Å². The number of hydrogen-bond acceptors (Lipinski definition) is 4. The van der Waals surface area contributed by atoms with Crippen molar-refractivity contribution in [3.63, 3.8) is 0 Å². The summed E-state index contributed by atoms with van der Waals surface area (Å²) < 4.78 is 11.9. The Kier molecular flexibility index (Phi) is 4.13. The summed E-state index contributed by atoms with van der Waals surface area (Å²) in [7, 11) is -0.617. The second-order valence-corrected chi connectivity index (χ2v) is 6.71. The van der Waals surface area contributed by atoms with E-state index in [0.29, 0.717) is 4.47 Å². The molecular formula is C9H13ClN2OS2. The molecule has 1 aliphatic heterocycles. The summed E-state index contributed by atoms with van der Waals surface area (Å²) in [6.07, 6.45) is 1.02. The molecule has 3 nitrogen and oxygen atoms in total. The van der Waals surface area contributed by atoms with Gasteiger partial charge in [0.25, 0.3) is 0 Å². The van der Waals surface area contributed by atoms with Crippen molar-refractivity contribution < 1.29 is 4.21 Å². The Morgan fingerprint density at radius 2 is 2.40 bits per heavy atom. The van der Waals surface area contributed by atoms with E-state index in [1.54, 1.807) is 0 Å². The Bertz CT molecular complexity index is 356.